The fraction of sp³-hybridized carbons (Fsp3) is 0.357. The predicted octanol–water partition coefficient (Wildman–Crippen LogP) is 5.92. The lowest BCUT2D eigenvalue weighted by molar-refractivity contribution is 0.0676. The normalized spacial score (nSPS) is 13.7. The van der Waals surface area contributed by atoms with Gasteiger partial charge in [0, 0.05) is 43.3 Å². The van der Waals surface area contributed by atoms with Crippen LogP contribution in [0.4, 0.5) is 0 Å². The molecule has 3 aromatic rings. The second kappa shape index (κ2) is 17.6. The van der Waals surface area contributed by atoms with Gasteiger partial charge in [0.2, 0.25) is 0 Å². The third-order valence-electron chi connectivity index (χ3n) is 6.05. The molecule has 4 rings (SSSR count). The molecule has 1 aliphatic rings. The van der Waals surface area contributed by atoms with Gasteiger partial charge in [0.15, 0.2) is 0 Å². The number of aryl methyl sites for hydroxylation is 1. The fourth-order valence-electron chi connectivity index (χ4n) is 4.14. The molecule has 0 radical (unpaired) electrons. The lowest BCUT2D eigenvalue weighted by Crippen LogP contribution is -2.47. The molecule has 0 saturated carbocycles. The Morgan fingerprint density at radius 2 is 1.36 bits per heavy atom. The van der Waals surface area contributed by atoms with Gasteiger partial charge in [-0.05, 0) is 55.3 Å². The molecule has 198 valence electrons. The number of ether oxygens (including phenoxy) is 2. The van der Waals surface area contributed by atoms with Gasteiger partial charge in [-0.25, -0.2) is 0 Å². The Morgan fingerprint density at radius 1 is 0.750 bits per heavy atom. The number of benzene rings is 3. The standard InChI is InChI=1S/C28H33ClN2O2.2ClH.H2O/c29-26-13-14-28(33-27-11-5-2-6-12-27)25(22-26)23-32-21-20-31-18-16-30(17-19-31)15-7-10-24-8-3-1-4-9-24;;;/h1-6,8-9,11-14,22H,7,10,15-21,23H2;2*1H;1H2. The van der Waals surface area contributed by atoms with E-state index in [1.165, 1.54) is 18.5 Å². The molecule has 0 spiro atoms. The van der Waals surface area contributed by atoms with E-state index in [-0.39, 0.29) is 30.3 Å². The van der Waals surface area contributed by atoms with Gasteiger partial charge in [-0.2, -0.15) is 0 Å². The van der Waals surface area contributed by atoms with E-state index in [0.717, 1.165) is 56.2 Å². The van der Waals surface area contributed by atoms with Crippen LogP contribution in [0.3, 0.4) is 0 Å². The molecule has 0 bridgehead atoms. The van der Waals surface area contributed by atoms with E-state index < -0.39 is 0 Å². The van der Waals surface area contributed by atoms with Crippen LogP contribution in [0.5, 0.6) is 11.5 Å². The number of hydrogen-bond acceptors (Lipinski definition) is 4. The van der Waals surface area contributed by atoms with Gasteiger partial charge in [0.25, 0.3) is 0 Å². The predicted molar refractivity (Wildman–Crippen MR) is 153 cm³/mol. The van der Waals surface area contributed by atoms with Gasteiger partial charge in [-0.3, -0.25) is 4.90 Å². The van der Waals surface area contributed by atoms with E-state index in [1.807, 2.05) is 48.5 Å². The van der Waals surface area contributed by atoms with Crippen LogP contribution in [0.1, 0.15) is 17.5 Å². The fourth-order valence-corrected chi connectivity index (χ4v) is 4.33. The van der Waals surface area contributed by atoms with E-state index in [9.17, 15) is 0 Å². The van der Waals surface area contributed by atoms with E-state index in [1.54, 1.807) is 0 Å². The van der Waals surface area contributed by atoms with Crippen LogP contribution in [0.2, 0.25) is 5.02 Å². The zero-order valence-corrected chi connectivity index (χ0v) is 22.9. The van der Waals surface area contributed by atoms with Crippen molar-refractivity contribution < 1.29 is 14.9 Å². The summed E-state index contributed by atoms with van der Waals surface area (Å²) in [4.78, 5) is 5.08. The summed E-state index contributed by atoms with van der Waals surface area (Å²) in [6.45, 7) is 7.80. The van der Waals surface area contributed by atoms with Crippen LogP contribution in [0.15, 0.2) is 78.9 Å². The maximum atomic E-state index is 6.21. The Kier molecular flexibility index (Phi) is 15.7. The van der Waals surface area contributed by atoms with E-state index in [0.29, 0.717) is 18.2 Å². The first-order valence-electron chi connectivity index (χ1n) is 11.8. The summed E-state index contributed by atoms with van der Waals surface area (Å²) >= 11 is 6.21. The first-order valence-corrected chi connectivity index (χ1v) is 12.2. The van der Waals surface area contributed by atoms with E-state index in [2.05, 4.69) is 40.1 Å². The zero-order valence-electron chi connectivity index (χ0n) is 20.5. The largest absolute Gasteiger partial charge is 0.457 e. The quantitative estimate of drug-likeness (QED) is 0.276. The molecule has 5 nitrogen and oxygen atoms in total. The van der Waals surface area contributed by atoms with Gasteiger partial charge < -0.3 is 19.8 Å². The molecule has 1 heterocycles. The summed E-state index contributed by atoms with van der Waals surface area (Å²) in [7, 11) is 0. The molecule has 0 aliphatic carbocycles. The maximum absolute atomic E-state index is 6.21. The highest BCUT2D eigenvalue weighted by molar-refractivity contribution is 6.30. The Labute approximate surface area is 232 Å². The first-order chi connectivity index (χ1) is 16.3. The SMILES string of the molecule is Cl.Cl.Clc1ccc(Oc2ccccc2)c(COCCN2CCN(CCCc3ccccc3)CC2)c1.O. The summed E-state index contributed by atoms with van der Waals surface area (Å²) in [5.74, 6) is 1.59. The van der Waals surface area contributed by atoms with Crippen LogP contribution in [-0.4, -0.2) is 61.2 Å². The highest BCUT2D eigenvalue weighted by Crippen LogP contribution is 2.28. The minimum absolute atomic E-state index is 0. The van der Waals surface area contributed by atoms with Crippen LogP contribution in [0.25, 0.3) is 0 Å². The number of nitrogens with zero attached hydrogens (tertiary/aromatic N) is 2. The Balaban J connectivity index is 0.00000216. The van der Waals surface area contributed by atoms with Crippen molar-refractivity contribution in [1.82, 2.24) is 9.80 Å². The van der Waals surface area contributed by atoms with Crippen LogP contribution in [0, 0.1) is 0 Å². The van der Waals surface area contributed by atoms with Gasteiger partial charge in [-0.1, -0.05) is 60.1 Å². The van der Waals surface area contributed by atoms with E-state index >= 15 is 0 Å². The Hall–Kier alpha value is -1.83. The van der Waals surface area contributed by atoms with Crippen molar-refractivity contribution in [3.8, 4) is 11.5 Å². The van der Waals surface area contributed by atoms with Crippen molar-refractivity contribution in [1.29, 1.82) is 0 Å². The summed E-state index contributed by atoms with van der Waals surface area (Å²) in [6, 6.07) is 26.2. The molecular weight excluding hydrogens is 519 g/mol. The van der Waals surface area contributed by atoms with Crippen molar-refractivity contribution in [3.63, 3.8) is 0 Å². The lowest BCUT2D eigenvalue weighted by atomic mass is 10.1. The van der Waals surface area contributed by atoms with Crippen molar-refractivity contribution >= 4 is 36.4 Å². The lowest BCUT2D eigenvalue weighted by Gasteiger charge is -2.34. The number of rotatable bonds is 11. The summed E-state index contributed by atoms with van der Waals surface area (Å²) in [5, 5.41) is 0.692. The van der Waals surface area contributed by atoms with Gasteiger partial charge in [0.1, 0.15) is 11.5 Å². The number of piperazine rings is 1. The third kappa shape index (κ3) is 10.7. The second-order valence-electron chi connectivity index (χ2n) is 8.49. The minimum atomic E-state index is 0. The smallest absolute Gasteiger partial charge is 0.133 e. The molecule has 0 atom stereocenters. The molecule has 8 heteroatoms. The minimum Gasteiger partial charge on any atom is -0.457 e. The average Bonchev–Trinajstić information content (AvgIpc) is 2.85. The summed E-state index contributed by atoms with van der Waals surface area (Å²) < 4.78 is 12.0. The highest BCUT2D eigenvalue weighted by atomic mass is 35.5. The zero-order chi connectivity index (χ0) is 22.7. The van der Waals surface area contributed by atoms with Gasteiger partial charge in [0.05, 0.1) is 13.2 Å². The van der Waals surface area contributed by atoms with Crippen LogP contribution < -0.4 is 4.74 Å². The molecule has 2 N–H and O–H groups in total. The van der Waals surface area contributed by atoms with Gasteiger partial charge >= 0.3 is 0 Å². The van der Waals surface area contributed by atoms with Crippen molar-refractivity contribution in [2.24, 2.45) is 0 Å². The van der Waals surface area contributed by atoms with Crippen LogP contribution in [-0.2, 0) is 17.8 Å². The first kappa shape index (κ1) is 32.2. The van der Waals surface area contributed by atoms with Crippen molar-refractivity contribution in [3.05, 3.63) is 95.0 Å². The monoisotopic (exact) mass is 554 g/mol. The molecule has 1 saturated heterocycles. The maximum Gasteiger partial charge on any atom is 0.133 e. The van der Waals surface area contributed by atoms with Gasteiger partial charge in [-0.15, -0.1) is 24.8 Å². The second-order valence-corrected chi connectivity index (χ2v) is 8.93. The third-order valence-corrected chi connectivity index (χ3v) is 6.29. The molecule has 1 fully saturated rings. The summed E-state index contributed by atoms with van der Waals surface area (Å²) in [5.41, 5.74) is 2.40. The number of halogens is 3. The molecule has 1 aliphatic heterocycles. The molecule has 3 aromatic carbocycles. The number of hydrogen-bond donors (Lipinski definition) is 0. The molecular formula is C28H37Cl3N2O3. The van der Waals surface area contributed by atoms with Crippen LogP contribution >= 0.6 is 36.4 Å². The van der Waals surface area contributed by atoms with Crippen molar-refractivity contribution in [2.75, 3.05) is 45.9 Å². The Bertz CT molecular complexity index is 972. The summed E-state index contributed by atoms with van der Waals surface area (Å²) in [6.07, 6.45) is 2.38. The Morgan fingerprint density at radius 3 is 2.03 bits per heavy atom. The molecule has 36 heavy (non-hydrogen) atoms. The van der Waals surface area contributed by atoms with Crippen molar-refractivity contribution in [2.45, 2.75) is 19.4 Å². The van der Waals surface area contributed by atoms with E-state index in [4.69, 9.17) is 21.1 Å². The molecule has 0 aromatic heterocycles. The molecule has 0 unspecified atom stereocenters. The molecule has 0 amide bonds. The topological polar surface area (TPSA) is 56.4 Å². The highest BCUT2D eigenvalue weighted by Gasteiger charge is 2.16. The average molecular weight is 556 g/mol. The number of para-hydroxylation sites is 1.